The highest BCUT2D eigenvalue weighted by Crippen LogP contribution is 2.31. The lowest BCUT2D eigenvalue weighted by molar-refractivity contribution is -0.422. The van der Waals surface area contributed by atoms with Crippen LogP contribution in [0.5, 0.6) is 0 Å². The standard InChI is InChI=1S/C17H24N4O4/c22-20(23)16-5-4-13(12-17(16)21(24)25)11-15-3-1-2-10-19(15)14-6-8-18-9-7-14/h4-5,12,14-15,18H,1-3,6-11H2. The first kappa shape index (κ1) is 17.8. The van der Waals surface area contributed by atoms with Crippen molar-refractivity contribution in [1.29, 1.82) is 0 Å². The fourth-order valence-electron chi connectivity index (χ4n) is 4.13. The van der Waals surface area contributed by atoms with Crippen LogP contribution in [0, 0.1) is 20.2 Å². The molecule has 3 rings (SSSR count). The zero-order valence-corrected chi connectivity index (χ0v) is 14.2. The Morgan fingerprint density at radius 1 is 1.04 bits per heavy atom. The molecule has 0 amide bonds. The average Bonchev–Trinajstić information content (AvgIpc) is 2.62. The van der Waals surface area contributed by atoms with Crippen LogP contribution in [-0.2, 0) is 6.42 Å². The number of nitro groups is 2. The third kappa shape index (κ3) is 4.13. The van der Waals surface area contributed by atoms with E-state index < -0.39 is 21.2 Å². The summed E-state index contributed by atoms with van der Waals surface area (Å²) in [4.78, 5) is 23.4. The van der Waals surface area contributed by atoms with Gasteiger partial charge >= 0.3 is 11.4 Å². The number of piperidine rings is 2. The lowest BCUT2D eigenvalue weighted by Gasteiger charge is -2.43. The van der Waals surface area contributed by atoms with Crippen LogP contribution in [0.4, 0.5) is 11.4 Å². The van der Waals surface area contributed by atoms with E-state index in [1.807, 2.05) is 0 Å². The Kier molecular flexibility index (Phi) is 5.60. The molecule has 0 saturated carbocycles. The van der Waals surface area contributed by atoms with Gasteiger partial charge in [-0.2, -0.15) is 0 Å². The van der Waals surface area contributed by atoms with Gasteiger partial charge in [0.2, 0.25) is 0 Å². The predicted octanol–water partition coefficient (Wildman–Crippen LogP) is 2.65. The van der Waals surface area contributed by atoms with Crippen LogP contribution in [0.2, 0.25) is 0 Å². The van der Waals surface area contributed by atoms with Crippen LogP contribution in [-0.4, -0.2) is 46.5 Å². The molecular weight excluding hydrogens is 324 g/mol. The largest absolute Gasteiger partial charge is 0.346 e. The minimum Gasteiger partial charge on any atom is -0.317 e. The third-order valence-electron chi connectivity index (χ3n) is 5.35. The molecule has 136 valence electrons. The summed E-state index contributed by atoms with van der Waals surface area (Å²) in [5.41, 5.74) is -0.0394. The fourth-order valence-corrected chi connectivity index (χ4v) is 4.13. The van der Waals surface area contributed by atoms with Crippen molar-refractivity contribution in [2.24, 2.45) is 0 Å². The molecule has 1 unspecified atom stereocenters. The Hall–Kier alpha value is -2.06. The van der Waals surface area contributed by atoms with E-state index in [1.54, 1.807) is 6.07 Å². The Morgan fingerprint density at radius 2 is 1.76 bits per heavy atom. The molecule has 0 radical (unpaired) electrons. The van der Waals surface area contributed by atoms with E-state index in [-0.39, 0.29) is 0 Å². The first-order valence-corrected chi connectivity index (χ1v) is 8.94. The van der Waals surface area contributed by atoms with Crippen LogP contribution >= 0.6 is 0 Å². The number of hydrogen-bond acceptors (Lipinski definition) is 6. The van der Waals surface area contributed by atoms with Crippen molar-refractivity contribution in [3.63, 3.8) is 0 Å². The summed E-state index contributed by atoms with van der Waals surface area (Å²) in [6.07, 6.45) is 6.42. The van der Waals surface area contributed by atoms with Gasteiger partial charge in [0.15, 0.2) is 0 Å². The van der Waals surface area contributed by atoms with E-state index in [0.29, 0.717) is 18.5 Å². The van der Waals surface area contributed by atoms with E-state index in [1.165, 1.54) is 25.0 Å². The molecule has 0 aliphatic carbocycles. The fraction of sp³-hybridized carbons (Fsp3) is 0.647. The van der Waals surface area contributed by atoms with Gasteiger partial charge < -0.3 is 5.32 Å². The zero-order valence-electron chi connectivity index (χ0n) is 14.2. The number of nitrogens with zero attached hydrogens (tertiary/aromatic N) is 3. The highest BCUT2D eigenvalue weighted by atomic mass is 16.6. The Bertz CT molecular complexity index is 646. The second-order valence-electron chi connectivity index (χ2n) is 6.91. The van der Waals surface area contributed by atoms with Crippen LogP contribution in [0.25, 0.3) is 0 Å². The van der Waals surface area contributed by atoms with Gasteiger partial charge in [-0.05, 0) is 57.3 Å². The maximum absolute atomic E-state index is 11.2. The smallest absolute Gasteiger partial charge is 0.317 e. The van der Waals surface area contributed by atoms with Crippen LogP contribution in [0.1, 0.15) is 37.7 Å². The SMILES string of the molecule is O=[N+]([O-])c1ccc(CC2CCCCN2C2CCNCC2)cc1[N+](=O)[O-]. The summed E-state index contributed by atoms with van der Waals surface area (Å²) in [7, 11) is 0. The second kappa shape index (κ2) is 7.88. The summed E-state index contributed by atoms with van der Waals surface area (Å²) in [6.45, 7) is 3.15. The Balaban J connectivity index is 1.78. The molecular formula is C17H24N4O4. The lowest BCUT2D eigenvalue weighted by Crippen LogP contribution is -2.50. The van der Waals surface area contributed by atoms with Gasteiger partial charge in [-0.1, -0.05) is 12.5 Å². The molecule has 0 bridgehead atoms. The van der Waals surface area contributed by atoms with Gasteiger partial charge in [-0.25, -0.2) is 0 Å². The van der Waals surface area contributed by atoms with Gasteiger partial charge in [-0.15, -0.1) is 0 Å². The molecule has 1 aromatic carbocycles. The molecule has 2 heterocycles. The van der Waals surface area contributed by atoms with Crippen LogP contribution in [0.3, 0.4) is 0 Å². The van der Waals surface area contributed by atoms with Crippen LogP contribution < -0.4 is 5.32 Å². The van der Waals surface area contributed by atoms with E-state index in [0.717, 1.165) is 44.5 Å². The molecule has 0 aromatic heterocycles. The molecule has 2 aliphatic heterocycles. The predicted molar refractivity (Wildman–Crippen MR) is 93.7 cm³/mol. The highest BCUT2D eigenvalue weighted by molar-refractivity contribution is 5.54. The summed E-state index contributed by atoms with van der Waals surface area (Å²) in [5, 5.41) is 25.5. The van der Waals surface area contributed by atoms with Gasteiger partial charge in [0.25, 0.3) is 0 Å². The minimum atomic E-state index is -0.691. The van der Waals surface area contributed by atoms with E-state index in [4.69, 9.17) is 0 Å². The normalized spacial score (nSPS) is 22.6. The van der Waals surface area contributed by atoms with Crippen LogP contribution in [0.15, 0.2) is 18.2 Å². The molecule has 25 heavy (non-hydrogen) atoms. The molecule has 2 fully saturated rings. The number of nitro benzene ring substituents is 2. The lowest BCUT2D eigenvalue weighted by atomic mass is 9.91. The molecule has 1 aromatic rings. The second-order valence-corrected chi connectivity index (χ2v) is 6.91. The van der Waals surface area contributed by atoms with Crippen molar-refractivity contribution in [3.8, 4) is 0 Å². The van der Waals surface area contributed by atoms with Crippen molar-refractivity contribution in [2.75, 3.05) is 19.6 Å². The summed E-state index contributed by atoms with van der Waals surface area (Å²) >= 11 is 0. The van der Waals surface area contributed by atoms with Crippen molar-refractivity contribution >= 4 is 11.4 Å². The quantitative estimate of drug-likeness (QED) is 0.648. The van der Waals surface area contributed by atoms with E-state index >= 15 is 0 Å². The molecule has 0 spiro atoms. The Morgan fingerprint density at radius 3 is 2.44 bits per heavy atom. The molecule has 2 saturated heterocycles. The number of nitrogens with one attached hydrogen (secondary N) is 1. The van der Waals surface area contributed by atoms with Crippen molar-refractivity contribution < 1.29 is 9.85 Å². The Labute approximate surface area is 146 Å². The first-order chi connectivity index (χ1) is 12.1. The molecule has 8 heteroatoms. The molecule has 2 aliphatic rings. The third-order valence-corrected chi connectivity index (χ3v) is 5.35. The van der Waals surface area contributed by atoms with E-state index in [9.17, 15) is 20.2 Å². The van der Waals surface area contributed by atoms with Gasteiger partial charge in [0, 0.05) is 24.2 Å². The maximum atomic E-state index is 11.2. The van der Waals surface area contributed by atoms with Crippen molar-refractivity contribution in [1.82, 2.24) is 10.2 Å². The molecule has 1 N–H and O–H groups in total. The average molecular weight is 348 g/mol. The van der Waals surface area contributed by atoms with Gasteiger partial charge in [0.1, 0.15) is 0 Å². The number of rotatable bonds is 5. The van der Waals surface area contributed by atoms with E-state index in [2.05, 4.69) is 10.2 Å². The number of hydrogen-bond donors (Lipinski definition) is 1. The van der Waals surface area contributed by atoms with Gasteiger partial charge in [-0.3, -0.25) is 25.1 Å². The number of likely N-dealkylation sites (tertiary alicyclic amines) is 1. The van der Waals surface area contributed by atoms with Crippen molar-refractivity contribution in [2.45, 2.75) is 50.6 Å². The van der Waals surface area contributed by atoms with Crippen molar-refractivity contribution in [3.05, 3.63) is 44.0 Å². The highest BCUT2D eigenvalue weighted by Gasteiger charge is 2.31. The maximum Gasteiger partial charge on any atom is 0.346 e. The minimum absolute atomic E-state index is 0.359. The summed E-state index contributed by atoms with van der Waals surface area (Å²) < 4.78 is 0. The van der Waals surface area contributed by atoms with Gasteiger partial charge in [0.05, 0.1) is 9.85 Å². The molecule has 8 nitrogen and oxygen atoms in total. The molecule has 1 atom stereocenters. The first-order valence-electron chi connectivity index (χ1n) is 8.94. The summed E-state index contributed by atoms with van der Waals surface area (Å²) in [5.74, 6) is 0. The number of benzene rings is 1. The topological polar surface area (TPSA) is 102 Å². The zero-order chi connectivity index (χ0) is 17.8. The monoisotopic (exact) mass is 348 g/mol. The summed E-state index contributed by atoms with van der Waals surface area (Å²) in [6, 6.07) is 5.25.